The number of methoxy groups -OCH3 is 3. The van der Waals surface area contributed by atoms with Gasteiger partial charge in [0.25, 0.3) is 0 Å². The second-order valence-electron chi connectivity index (χ2n) is 4.41. The first-order valence-electron chi connectivity index (χ1n) is 6.47. The van der Waals surface area contributed by atoms with Crippen LogP contribution >= 0.6 is 8.46 Å². The van der Waals surface area contributed by atoms with Crippen molar-refractivity contribution < 1.29 is 18.8 Å². The Morgan fingerprint density at radius 2 is 1.48 bits per heavy atom. The van der Waals surface area contributed by atoms with Crippen molar-refractivity contribution in [1.29, 1.82) is 0 Å². The Labute approximate surface area is 125 Å². The Morgan fingerprint density at radius 3 is 1.90 bits per heavy atom. The van der Waals surface area contributed by atoms with Crippen LogP contribution in [0.2, 0.25) is 0 Å². The van der Waals surface area contributed by atoms with Crippen molar-refractivity contribution in [2.75, 3.05) is 21.3 Å². The van der Waals surface area contributed by atoms with Gasteiger partial charge in [0.05, 0.1) is 26.9 Å². The second-order valence-corrected chi connectivity index (χ2v) is 5.22. The molecule has 2 atom stereocenters. The highest BCUT2D eigenvalue weighted by Crippen LogP contribution is 2.46. The van der Waals surface area contributed by atoms with Crippen molar-refractivity contribution in [3.63, 3.8) is 0 Å². The summed E-state index contributed by atoms with van der Waals surface area (Å²) in [5.74, 6) is 1.83. The first-order chi connectivity index (χ1) is 10.2. The van der Waals surface area contributed by atoms with Gasteiger partial charge in [0, 0.05) is 17.7 Å². The van der Waals surface area contributed by atoms with E-state index < -0.39 is 8.46 Å². The highest BCUT2D eigenvalue weighted by atomic mass is 31.1. The Kier molecular flexibility index (Phi) is 5.18. The zero-order chi connectivity index (χ0) is 15.2. The van der Waals surface area contributed by atoms with Gasteiger partial charge in [-0.05, 0) is 0 Å². The van der Waals surface area contributed by atoms with Gasteiger partial charge < -0.3 is 14.2 Å². The maximum absolute atomic E-state index is 11.8. The third kappa shape index (κ3) is 3.17. The van der Waals surface area contributed by atoms with Crippen molar-refractivity contribution in [2.45, 2.75) is 5.66 Å². The van der Waals surface area contributed by atoms with Gasteiger partial charge in [-0.2, -0.15) is 0 Å². The summed E-state index contributed by atoms with van der Waals surface area (Å²) in [7, 11) is 4.18. The molecule has 0 fully saturated rings. The van der Waals surface area contributed by atoms with Crippen LogP contribution in [-0.2, 0) is 4.57 Å². The van der Waals surface area contributed by atoms with E-state index in [9.17, 15) is 4.57 Å². The molecule has 0 aliphatic carbocycles. The Morgan fingerprint density at radius 1 is 0.905 bits per heavy atom. The van der Waals surface area contributed by atoms with Crippen LogP contribution in [0.25, 0.3) is 0 Å². The molecule has 0 radical (unpaired) electrons. The summed E-state index contributed by atoms with van der Waals surface area (Å²) in [6.45, 7) is 0. The van der Waals surface area contributed by atoms with E-state index in [1.165, 1.54) is 0 Å². The first kappa shape index (κ1) is 15.3. The summed E-state index contributed by atoms with van der Waals surface area (Å²) >= 11 is 0. The lowest BCUT2D eigenvalue weighted by atomic mass is 10.0. The lowest BCUT2D eigenvalue weighted by molar-refractivity contribution is 0.369. The average Bonchev–Trinajstić information content (AvgIpc) is 2.56. The molecule has 0 amide bonds. The molecule has 2 aromatic rings. The molecule has 0 aromatic heterocycles. The third-order valence-corrected chi connectivity index (χ3v) is 4.15. The van der Waals surface area contributed by atoms with Crippen LogP contribution in [0.15, 0.2) is 42.5 Å². The molecule has 2 unspecified atom stereocenters. The highest BCUT2D eigenvalue weighted by Gasteiger charge is 2.29. The van der Waals surface area contributed by atoms with Crippen molar-refractivity contribution in [1.82, 2.24) is 0 Å². The molecule has 0 aliphatic rings. The van der Waals surface area contributed by atoms with E-state index >= 15 is 0 Å². The van der Waals surface area contributed by atoms with Crippen LogP contribution in [0.3, 0.4) is 0 Å². The van der Waals surface area contributed by atoms with E-state index in [4.69, 9.17) is 14.2 Å². The number of hydrogen-bond acceptors (Lipinski definition) is 4. The van der Waals surface area contributed by atoms with Gasteiger partial charge >= 0.3 is 8.46 Å². The average molecular weight is 305 g/mol. The normalized spacial score (nSPS) is 12.0. The zero-order valence-corrected chi connectivity index (χ0v) is 13.3. The van der Waals surface area contributed by atoms with Crippen LogP contribution < -0.4 is 14.2 Å². The molecule has 21 heavy (non-hydrogen) atoms. The summed E-state index contributed by atoms with van der Waals surface area (Å²) in [5.41, 5.74) is 1.41. The van der Waals surface area contributed by atoms with Gasteiger partial charge in [0.1, 0.15) is 17.2 Å². The fourth-order valence-electron chi connectivity index (χ4n) is 2.26. The molecule has 0 spiro atoms. The molecule has 5 heteroatoms. The largest absolute Gasteiger partial charge is 0.496 e. The van der Waals surface area contributed by atoms with Gasteiger partial charge in [-0.3, -0.25) is 0 Å². The van der Waals surface area contributed by atoms with Crippen molar-refractivity contribution in [2.24, 2.45) is 0 Å². The molecule has 110 valence electrons. The van der Waals surface area contributed by atoms with Crippen molar-refractivity contribution >= 4 is 8.46 Å². The number of ether oxygens (including phenoxy) is 3. The molecule has 0 bridgehead atoms. The van der Waals surface area contributed by atoms with Crippen molar-refractivity contribution in [3.8, 4) is 17.2 Å². The summed E-state index contributed by atoms with van der Waals surface area (Å²) in [6.07, 6.45) is 0. The fourth-order valence-corrected chi connectivity index (χ4v) is 2.99. The monoisotopic (exact) mass is 305 g/mol. The molecule has 0 N–H and O–H groups in total. The number of hydrogen-bond donors (Lipinski definition) is 0. The lowest BCUT2D eigenvalue weighted by Gasteiger charge is -2.16. The molecule has 2 rings (SSSR count). The van der Waals surface area contributed by atoms with Gasteiger partial charge in [0.2, 0.25) is 5.66 Å². The van der Waals surface area contributed by atoms with E-state index in [-0.39, 0.29) is 5.66 Å². The van der Waals surface area contributed by atoms with E-state index in [1.807, 2.05) is 30.3 Å². The van der Waals surface area contributed by atoms with Crippen LogP contribution in [0.5, 0.6) is 17.2 Å². The minimum Gasteiger partial charge on any atom is -0.496 e. The second kappa shape index (κ2) is 7.09. The quantitative estimate of drug-likeness (QED) is 0.761. The summed E-state index contributed by atoms with van der Waals surface area (Å²) in [6, 6.07) is 13.2. The van der Waals surface area contributed by atoms with Crippen LogP contribution in [-0.4, -0.2) is 21.3 Å². The first-order valence-corrected chi connectivity index (χ1v) is 7.46. The van der Waals surface area contributed by atoms with Gasteiger partial charge in [-0.25, -0.2) is 0 Å². The minimum absolute atomic E-state index is 0.304. The topological polar surface area (TPSA) is 44.8 Å². The van der Waals surface area contributed by atoms with Crippen LogP contribution in [0.1, 0.15) is 16.8 Å². The number of benzene rings is 2. The predicted molar refractivity (Wildman–Crippen MR) is 83.4 cm³/mol. The van der Waals surface area contributed by atoms with Gasteiger partial charge in [0.15, 0.2) is 0 Å². The maximum atomic E-state index is 11.8. The third-order valence-electron chi connectivity index (χ3n) is 3.29. The van der Waals surface area contributed by atoms with E-state index in [0.717, 1.165) is 11.1 Å². The minimum atomic E-state index is -0.551. The standard InChI is InChI=1S/C16H17O4P/c1-18-12-9-13(19-2)15(14(10-12)20-3)16(21-17)11-7-5-4-6-8-11/h4-10,16H,1-3H3/p+1. The molecule has 4 nitrogen and oxygen atoms in total. The van der Waals surface area contributed by atoms with Crippen LogP contribution in [0, 0.1) is 0 Å². The Balaban J connectivity index is 2.62. The van der Waals surface area contributed by atoms with Gasteiger partial charge in [-0.1, -0.05) is 34.9 Å². The molecule has 2 aromatic carbocycles. The fraction of sp³-hybridized carbons (Fsp3) is 0.250. The van der Waals surface area contributed by atoms with Crippen LogP contribution in [0.4, 0.5) is 0 Å². The Bertz CT molecular complexity index is 588. The molecule has 0 saturated heterocycles. The maximum Gasteiger partial charge on any atom is 0.337 e. The molecular weight excluding hydrogens is 287 g/mol. The molecule has 0 saturated carbocycles. The summed E-state index contributed by atoms with van der Waals surface area (Å²) in [4.78, 5) is 0. The number of rotatable bonds is 6. The molecule has 0 aliphatic heterocycles. The van der Waals surface area contributed by atoms with Crippen molar-refractivity contribution in [3.05, 3.63) is 53.6 Å². The Hall–Kier alpha value is -2.06. The summed E-state index contributed by atoms with van der Waals surface area (Å²) < 4.78 is 27.9. The molecule has 0 heterocycles. The predicted octanol–water partition coefficient (Wildman–Crippen LogP) is 3.83. The molecular formula is C16H18O4P+. The SMILES string of the molecule is COc1cc(OC)c(C([PH+]=O)c2ccccc2)c(OC)c1. The lowest BCUT2D eigenvalue weighted by Crippen LogP contribution is -2.02. The van der Waals surface area contributed by atoms with Gasteiger partial charge in [-0.15, -0.1) is 0 Å². The van der Waals surface area contributed by atoms with E-state index in [0.29, 0.717) is 17.2 Å². The zero-order valence-electron chi connectivity index (χ0n) is 12.3. The summed E-state index contributed by atoms with van der Waals surface area (Å²) in [5, 5.41) is 0. The smallest absolute Gasteiger partial charge is 0.337 e. The highest BCUT2D eigenvalue weighted by molar-refractivity contribution is 7.24. The van der Waals surface area contributed by atoms with E-state index in [1.54, 1.807) is 33.5 Å². The van der Waals surface area contributed by atoms with E-state index in [2.05, 4.69) is 0 Å².